The molecule has 0 atom stereocenters. The van der Waals surface area contributed by atoms with Gasteiger partial charge in [0.25, 0.3) is 5.91 Å². The van der Waals surface area contributed by atoms with Crippen LogP contribution >= 0.6 is 0 Å². The number of halogens is 3. The molecule has 0 unspecified atom stereocenters. The van der Waals surface area contributed by atoms with Crippen molar-refractivity contribution in [3.63, 3.8) is 0 Å². The van der Waals surface area contributed by atoms with E-state index in [-0.39, 0.29) is 5.56 Å². The van der Waals surface area contributed by atoms with Crippen LogP contribution in [-0.2, 0) is 6.18 Å². The number of anilines is 1. The summed E-state index contributed by atoms with van der Waals surface area (Å²) in [6.07, 6.45) is -4.47. The van der Waals surface area contributed by atoms with Gasteiger partial charge in [-0.15, -0.1) is 0 Å². The van der Waals surface area contributed by atoms with Gasteiger partial charge in [-0.3, -0.25) is 4.79 Å². The first-order valence-electron chi connectivity index (χ1n) is 5.77. The van der Waals surface area contributed by atoms with Crippen molar-refractivity contribution in [2.24, 2.45) is 0 Å². The topological polar surface area (TPSA) is 29.1 Å². The molecule has 1 N–H and O–H groups in total. The molecule has 0 saturated carbocycles. The molecule has 2 aromatic carbocycles. The second-order valence-electron chi connectivity index (χ2n) is 4.23. The van der Waals surface area contributed by atoms with Gasteiger partial charge in [0.2, 0.25) is 0 Å². The van der Waals surface area contributed by atoms with E-state index in [1.807, 2.05) is 0 Å². The summed E-state index contributed by atoms with van der Waals surface area (Å²) in [5, 5.41) is 2.53. The maximum absolute atomic E-state index is 12.6. The third-order valence-corrected chi connectivity index (χ3v) is 2.66. The van der Waals surface area contributed by atoms with Crippen molar-refractivity contribution in [2.45, 2.75) is 6.18 Å². The van der Waals surface area contributed by atoms with Crippen LogP contribution in [0.5, 0.6) is 0 Å². The molecule has 0 aliphatic rings. The Bertz CT molecular complexity index is 618. The Labute approximate surface area is 114 Å². The standard InChI is InChI=1S/C15H11F3NO/c1-10-5-7-13(8-6-10)19-14(20)11-3-2-4-12(9-11)15(16,17)18/h2-9H,1H2,(H,19,20). The molecule has 0 heterocycles. The van der Waals surface area contributed by atoms with E-state index in [0.29, 0.717) is 5.69 Å². The minimum Gasteiger partial charge on any atom is -0.322 e. The lowest BCUT2D eigenvalue weighted by molar-refractivity contribution is -0.137. The van der Waals surface area contributed by atoms with Gasteiger partial charge in [0.05, 0.1) is 5.56 Å². The molecule has 2 rings (SSSR count). The maximum atomic E-state index is 12.6. The molecule has 0 bridgehead atoms. The number of benzene rings is 2. The Morgan fingerprint density at radius 3 is 2.30 bits per heavy atom. The molecule has 1 amide bonds. The largest absolute Gasteiger partial charge is 0.416 e. The van der Waals surface area contributed by atoms with Gasteiger partial charge in [-0.1, -0.05) is 18.2 Å². The number of carbonyl (C=O) groups excluding carboxylic acids is 1. The monoisotopic (exact) mass is 278 g/mol. The van der Waals surface area contributed by atoms with Crippen LogP contribution in [0, 0.1) is 6.92 Å². The molecular formula is C15H11F3NO. The molecular weight excluding hydrogens is 267 g/mol. The predicted octanol–water partition coefficient (Wildman–Crippen LogP) is 4.14. The highest BCUT2D eigenvalue weighted by atomic mass is 19.4. The van der Waals surface area contributed by atoms with Crippen LogP contribution in [0.4, 0.5) is 18.9 Å². The fourth-order valence-corrected chi connectivity index (χ4v) is 1.63. The molecule has 0 spiro atoms. The Morgan fingerprint density at radius 1 is 1.05 bits per heavy atom. The van der Waals surface area contributed by atoms with E-state index in [0.717, 1.165) is 17.7 Å². The summed E-state index contributed by atoms with van der Waals surface area (Å²) >= 11 is 0. The predicted molar refractivity (Wildman–Crippen MR) is 70.3 cm³/mol. The Balaban J connectivity index is 2.19. The van der Waals surface area contributed by atoms with Gasteiger partial charge in [0.15, 0.2) is 0 Å². The normalized spacial score (nSPS) is 11.2. The number of rotatable bonds is 2. The van der Waals surface area contributed by atoms with Crippen LogP contribution < -0.4 is 5.32 Å². The van der Waals surface area contributed by atoms with Crippen molar-refractivity contribution >= 4 is 11.6 Å². The first kappa shape index (κ1) is 14.1. The van der Waals surface area contributed by atoms with Crippen LogP contribution in [0.2, 0.25) is 0 Å². The first-order chi connectivity index (χ1) is 9.36. The highest BCUT2D eigenvalue weighted by Gasteiger charge is 2.30. The van der Waals surface area contributed by atoms with Crippen molar-refractivity contribution in [2.75, 3.05) is 5.32 Å². The fraction of sp³-hybridized carbons (Fsp3) is 0.0667. The number of alkyl halides is 3. The average Bonchev–Trinajstić information content (AvgIpc) is 2.40. The van der Waals surface area contributed by atoms with Crippen molar-refractivity contribution in [3.05, 3.63) is 72.1 Å². The van der Waals surface area contributed by atoms with Gasteiger partial charge in [-0.25, -0.2) is 0 Å². The van der Waals surface area contributed by atoms with E-state index < -0.39 is 17.6 Å². The molecule has 20 heavy (non-hydrogen) atoms. The van der Waals surface area contributed by atoms with Gasteiger partial charge >= 0.3 is 6.18 Å². The van der Waals surface area contributed by atoms with Gasteiger partial charge in [-0.05, 0) is 42.8 Å². The van der Waals surface area contributed by atoms with Crippen molar-refractivity contribution < 1.29 is 18.0 Å². The zero-order chi connectivity index (χ0) is 14.8. The summed E-state index contributed by atoms with van der Waals surface area (Å²) in [6.45, 7) is 3.70. The molecule has 0 saturated heterocycles. The molecule has 0 aliphatic carbocycles. The lowest BCUT2D eigenvalue weighted by Crippen LogP contribution is -2.13. The van der Waals surface area contributed by atoms with E-state index in [4.69, 9.17) is 0 Å². The fourth-order valence-electron chi connectivity index (χ4n) is 1.63. The summed E-state index contributed by atoms with van der Waals surface area (Å²) in [4.78, 5) is 11.9. The van der Waals surface area contributed by atoms with Crippen LogP contribution in [0.15, 0.2) is 48.5 Å². The Kier molecular flexibility index (Phi) is 3.79. The lowest BCUT2D eigenvalue weighted by Gasteiger charge is -2.09. The Morgan fingerprint density at radius 2 is 1.70 bits per heavy atom. The van der Waals surface area contributed by atoms with E-state index in [1.165, 1.54) is 12.1 Å². The van der Waals surface area contributed by atoms with Crippen LogP contribution in [0.25, 0.3) is 0 Å². The minimum absolute atomic E-state index is 0.0430. The summed E-state index contributed by atoms with van der Waals surface area (Å²) in [6, 6.07) is 10.9. The molecule has 2 aromatic rings. The molecule has 0 aromatic heterocycles. The smallest absolute Gasteiger partial charge is 0.322 e. The van der Waals surface area contributed by atoms with Crippen LogP contribution in [0.1, 0.15) is 21.5 Å². The van der Waals surface area contributed by atoms with Gasteiger partial charge in [0, 0.05) is 11.3 Å². The summed E-state index contributed by atoms with van der Waals surface area (Å²) in [7, 11) is 0. The highest BCUT2D eigenvalue weighted by Crippen LogP contribution is 2.29. The molecule has 0 fully saturated rings. The average molecular weight is 278 g/mol. The molecule has 2 nitrogen and oxygen atoms in total. The maximum Gasteiger partial charge on any atom is 0.416 e. The summed E-state index contributed by atoms with van der Waals surface area (Å²) in [5.74, 6) is -0.590. The molecule has 1 radical (unpaired) electrons. The van der Waals surface area contributed by atoms with E-state index in [9.17, 15) is 18.0 Å². The van der Waals surface area contributed by atoms with Gasteiger partial charge in [0.1, 0.15) is 0 Å². The number of hydrogen-bond donors (Lipinski definition) is 1. The van der Waals surface area contributed by atoms with Crippen LogP contribution in [0.3, 0.4) is 0 Å². The highest BCUT2D eigenvalue weighted by molar-refractivity contribution is 6.04. The second kappa shape index (κ2) is 5.36. The number of nitrogens with one attached hydrogen (secondary N) is 1. The van der Waals surface area contributed by atoms with E-state index in [1.54, 1.807) is 24.3 Å². The SMILES string of the molecule is [CH2]c1ccc(NC(=O)c2cccc(C(F)(F)F)c2)cc1. The van der Waals surface area contributed by atoms with Crippen molar-refractivity contribution in [1.29, 1.82) is 0 Å². The van der Waals surface area contributed by atoms with E-state index in [2.05, 4.69) is 12.2 Å². The number of hydrogen-bond acceptors (Lipinski definition) is 1. The minimum atomic E-state index is -4.47. The molecule has 5 heteroatoms. The third-order valence-electron chi connectivity index (χ3n) is 2.66. The van der Waals surface area contributed by atoms with Gasteiger partial charge in [-0.2, -0.15) is 13.2 Å². The lowest BCUT2D eigenvalue weighted by atomic mass is 10.1. The molecule has 103 valence electrons. The quantitative estimate of drug-likeness (QED) is 0.878. The zero-order valence-corrected chi connectivity index (χ0v) is 10.4. The molecule has 0 aliphatic heterocycles. The summed E-state index contributed by atoms with van der Waals surface area (Å²) in [5.41, 5.74) is 0.388. The van der Waals surface area contributed by atoms with Crippen LogP contribution in [-0.4, -0.2) is 5.91 Å². The number of carbonyl (C=O) groups is 1. The zero-order valence-electron chi connectivity index (χ0n) is 10.4. The van der Waals surface area contributed by atoms with Crippen molar-refractivity contribution in [3.8, 4) is 0 Å². The first-order valence-corrected chi connectivity index (χ1v) is 5.77. The number of amides is 1. The van der Waals surface area contributed by atoms with Crippen molar-refractivity contribution in [1.82, 2.24) is 0 Å². The summed E-state index contributed by atoms with van der Waals surface area (Å²) < 4.78 is 37.7. The van der Waals surface area contributed by atoms with E-state index >= 15 is 0 Å². The van der Waals surface area contributed by atoms with Gasteiger partial charge < -0.3 is 5.32 Å². The third kappa shape index (κ3) is 3.38. The Hall–Kier alpha value is -2.30. The second-order valence-corrected chi connectivity index (χ2v) is 4.23.